The van der Waals surface area contributed by atoms with Gasteiger partial charge in [0.15, 0.2) is 17.8 Å². The van der Waals surface area contributed by atoms with Crippen LogP contribution in [-0.4, -0.2) is 29.3 Å². The molecule has 0 atom stereocenters. The molecule has 0 saturated carbocycles. The molecule has 0 spiro atoms. The van der Waals surface area contributed by atoms with Crippen molar-refractivity contribution in [2.24, 2.45) is 0 Å². The molecule has 24 heavy (non-hydrogen) atoms. The van der Waals surface area contributed by atoms with Crippen molar-refractivity contribution in [3.05, 3.63) is 59.8 Å². The summed E-state index contributed by atoms with van der Waals surface area (Å²) in [4.78, 5) is 11.5. The van der Waals surface area contributed by atoms with Crippen LogP contribution in [-0.2, 0) is 0 Å². The Morgan fingerprint density at radius 3 is 2.54 bits per heavy atom. The average Bonchev–Trinajstić information content (AvgIpc) is 3.06. The first kappa shape index (κ1) is 14.5. The van der Waals surface area contributed by atoms with Crippen molar-refractivity contribution >= 4 is 6.29 Å². The van der Waals surface area contributed by atoms with Crippen LogP contribution in [0.1, 0.15) is 15.9 Å². The maximum absolute atomic E-state index is 11.5. The van der Waals surface area contributed by atoms with Gasteiger partial charge in [0.1, 0.15) is 18.9 Å². The Bertz CT molecular complexity index is 897. The number of fused-ring (bicyclic) bond motifs is 1. The smallest absolute Gasteiger partial charge is 0.162 e. The molecule has 5 heteroatoms. The van der Waals surface area contributed by atoms with E-state index in [1.807, 2.05) is 49.4 Å². The zero-order valence-electron chi connectivity index (χ0n) is 13.2. The fourth-order valence-corrected chi connectivity index (χ4v) is 2.72. The van der Waals surface area contributed by atoms with E-state index in [0.717, 1.165) is 23.3 Å². The predicted octanol–water partition coefficient (Wildman–Crippen LogP) is 3.43. The second-order valence-electron chi connectivity index (χ2n) is 5.69. The molecule has 4 rings (SSSR count). The highest BCUT2D eigenvalue weighted by atomic mass is 16.6. The Morgan fingerprint density at radius 1 is 1.04 bits per heavy atom. The van der Waals surface area contributed by atoms with E-state index < -0.39 is 0 Å². The molecule has 0 bridgehead atoms. The first-order valence-corrected chi connectivity index (χ1v) is 7.76. The Labute approximate surface area is 139 Å². The topological polar surface area (TPSA) is 53.4 Å². The molecule has 0 aliphatic carbocycles. The van der Waals surface area contributed by atoms with Crippen molar-refractivity contribution in [1.82, 2.24) is 9.78 Å². The highest BCUT2D eigenvalue weighted by molar-refractivity contribution is 5.86. The van der Waals surface area contributed by atoms with Crippen LogP contribution in [0.15, 0.2) is 48.7 Å². The van der Waals surface area contributed by atoms with Crippen LogP contribution in [0, 0.1) is 6.92 Å². The minimum absolute atomic E-state index is 0.523. The van der Waals surface area contributed by atoms with E-state index in [-0.39, 0.29) is 0 Å². The van der Waals surface area contributed by atoms with Crippen molar-refractivity contribution < 1.29 is 14.3 Å². The molecule has 2 aromatic carbocycles. The fraction of sp³-hybridized carbons (Fsp3) is 0.158. The van der Waals surface area contributed by atoms with Crippen LogP contribution >= 0.6 is 0 Å². The van der Waals surface area contributed by atoms with Gasteiger partial charge in [0.05, 0.1) is 11.3 Å². The Balaban J connectivity index is 1.77. The van der Waals surface area contributed by atoms with Crippen LogP contribution in [0.3, 0.4) is 0 Å². The van der Waals surface area contributed by atoms with Gasteiger partial charge in [0, 0.05) is 11.8 Å². The van der Waals surface area contributed by atoms with E-state index >= 15 is 0 Å². The van der Waals surface area contributed by atoms with Crippen molar-refractivity contribution in [2.75, 3.05) is 13.2 Å². The molecule has 2 heterocycles. The molecule has 0 amide bonds. The van der Waals surface area contributed by atoms with Gasteiger partial charge in [0.2, 0.25) is 0 Å². The Hall–Kier alpha value is -3.08. The Kier molecular flexibility index (Phi) is 3.54. The first-order valence-electron chi connectivity index (χ1n) is 7.76. The van der Waals surface area contributed by atoms with Crippen LogP contribution < -0.4 is 9.47 Å². The number of aldehydes is 1. The quantitative estimate of drug-likeness (QED) is 0.694. The summed E-state index contributed by atoms with van der Waals surface area (Å²) < 4.78 is 12.9. The summed E-state index contributed by atoms with van der Waals surface area (Å²) >= 11 is 0. The van der Waals surface area contributed by atoms with E-state index in [2.05, 4.69) is 5.10 Å². The van der Waals surface area contributed by atoms with E-state index in [1.54, 1.807) is 10.9 Å². The highest BCUT2D eigenvalue weighted by Crippen LogP contribution is 2.35. The third-order valence-corrected chi connectivity index (χ3v) is 3.98. The largest absolute Gasteiger partial charge is 0.486 e. The standard InChI is InChI=1S/C19H16N2O3/c1-13-2-5-16(6-3-13)21-11-15(12-22)19(20-21)14-4-7-17-18(10-14)24-9-8-23-17/h2-7,10-12H,8-9H2,1H3. The van der Waals surface area contributed by atoms with Gasteiger partial charge in [-0.15, -0.1) is 0 Å². The number of hydrogen-bond acceptors (Lipinski definition) is 4. The summed E-state index contributed by atoms with van der Waals surface area (Å²) in [6, 6.07) is 13.6. The number of rotatable bonds is 3. The lowest BCUT2D eigenvalue weighted by atomic mass is 10.1. The van der Waals surface area contributed by atoms with Gasteiger partial charge in [0.25, 0.3) is 0 Å². The molecule has 5 nitrogen and oxygen atoms in total. The predicted molar refractivity (Wildman–Crippen MR) is 90.1 cm³/mol. The Morgan fingerprint density at radius 2 is 1.79 bits per heavy atom. The minimum atomic E-state index is 0.523. The zero-order chi connectivity index (χ0) is 16.5. The SMILES string of the molecule is Cc1ccc(-n2cc(C=O)c(-c3ccc4c(c3)OCCO4)n2)cc1. The highest BCUT2D eigenvalue weighted by Gasteiger charge is 2.16. The van der Waals surface area contributed by atoms with Crippen LogP contribution in [0.2, 0.25) is 0 Å². The number of carbonyl (C=O) groups is 1. The molecule has 0 saturated heterocycles. The van der Waals surface area contributed by atoms with Crippen molar-refractivity contribution in [2.45, 2.75) is 6.92 Å². The second kappa shape index (κ2) is 5.85. The number of aryl methyl sites for hydroxylation is 1. The molecule has 3 aromatic rings. The number of ether oxygens (including phenoxy) is 2. The zero-order valence-corrected chi connectivity index (χ0v) is 13.2. The van der Waals surface area contributed by atoms with Gasteiger partial charge >= 0.3 is 0 Å². The van der Waals surface area contributed by atoms with Crippen molar-refractivity contribution in [3.63, 3.8) is 0 Å². The van der Waals surface area contributed by atoms with Gasteiger partial charge in [-0.25, -0.2) is 4.68 Å². The van der Waals surface area contributed by atoms with Gasteiger partial charge < -0.3 is 9.47 Å². The third-order valence-electron chi connectivity index (χ3n) is 3.98. The van der Waals surface area contributed by atoms with Crippen LogP contribution in [0.5, 0.6) is 11.5 Å². The lowest BCUT2D eigenvalue weighted by Crippen LogP contribution is -2.15. The monoisotopic (exact) mass is 320 g/mol. The molecule has 120 valence electrons. The van der Waals surface area contributed by atoms with Gasteiger partial charge in [-0.2, -0.15) is 5.10 Å². The lowest BCUT2D eigenvalue weighted by molar-refractivity contribution is 0.112. The molecule has 1 aliphatic rings. The van der Waals surface area contributed by atoms with E-state index in [4.69, 9.17) is 9.47 Å². The number of hydrogen-bond donors (Lipinski definition) is 0. The van der Waals surface area contributed by atoms with E-state index in [9.17, 15) is 4.79 Å². The van der Waals surface area contributed by atoms with Gasteiger partial charge in [-0.1, -0.05) is 17.7 Å². The third kappa shape index (κ3) is 2.54. The van der Waals surface area contributed by atoms with E-state index in [0.29, 0.717) is 30.2 Å². The van der Waals surface area contributed by atoms with Gasteiger partial charge in [-0.05, 0) is 37.3 Å². The van der Waals surface area contributed by atoms with Crippen LogP contribution in [0.4, 0.5) is 0 Å². The number of carbonyl (C=O) groups excluding carboxylic acids is 1. The minimum Gasteiger partial charge on any atom is -0.486 e. The summed E-state index contributed by atoms with van der Waals surface area (Å²) in [5.74, 6) is 1.40. The van der Waals surface area contributed by atoms with Crippen LogP contribution in [0.25, 0.3) is 16.9 Å². The number of benzene rings is 2. The summed E-state index contributed by atoms with van der Waals surface area (Å²) in [5, 5.41) is 4.59. The summed E-state index contributed by atoms with van der Waals surface area (Å²) in [6.45, 7) is 3.10. The first-order chi connectivity index (χ1) is 11.7. The second-order valence-corrected chi connectivity index (χ2v) is 5.69. The maximum Gasteiger partial charge on any atom is 0.162 e. The fourth-order valence-electron chi connectivity index (χ4n) is 2.72. The van der Waals surface area contributed by atoms with E-state index in [1.165, 1.54) is 5.56 Å². The average molecular weight is 320 g/mol. The molecule has 0 N–H and O–H groups in total. The molecule has 0 fully saturated rings. The summed E-state index contributed by atoms with van der Waals surface area (Å²) in [6.07, 6.45) is 2.56. The molecule has 1 aliphatic heterocycles. The molecular weight excluding hydrogens is 304 g/mol. The van der Waals surface area contributed by atoms with Gasteiger partial charge in [-0.3, -0.25) is 4.79 Å². The lowest BCUT2D eigenvalue weighted by Gasteiger charge is -2.18. The number of aromatic nitrogens is 2. The summed E-state index contributed by atoms with van der Waals surface area (Å²) in [7, 11) is 0. The molecule has 0 unspecified atom stereocenters. The molecule has 0 radical (unpaired) electrons. The van der Waals surface area contributed by atoms with Crippen molar-refractivity contribution in [1.29, 1.82) is 0 Å². The number of nitrogens with zero attached hydrogens (tertiary/aromatic N) is 2. The van der Waals surface area contributed by atoms with Crippen molar-refractivity contribution in [3.8, 4) is 28.4 Å². The molecule has 1 aromatic heterocycles. The molecular formula is C19H16N2O3. The normalized spacial score (nSPS) is 12.9. The maximum atomic E-state index is 11.5. The summed E-state index contributed by atoms with van der Waals surface area (Å²) in [5.41, 5.74) is 4.07.